The van der Waals surface area contributed by atoms with E-state index in [0.717, 1.165) is 10.9 Å². The van der Waals surface area contributed by atoms with E-state index in [1.54, 1.807) is 7.05 Å². The molecule has 0 radical (unpaired) electrons. The standard InChI is InChI=1S/C14H12BrN3O2/c1-17-14(19)11(12(20-2)13(15)16-17)18-8-7-9-5-3-4-6-10(9)18/h3-8H,1-2H3. The first-order valence-corrected chi connectivity index (χ1v) is 6.80. The highest BCUT2D eigenvalue weighted by molar-refractivity contribution is 9.10. The maximum atomic E-state index is 12.4. The van der Waals surface area contributed by atoms with Crippen LogP contribution in [0, 0.1) is 0 Å². The molecule has 0 saturated heterocycles. The number of fused-ring (bicyclic) bond motifs is 1. The summed E-state index contributed by atoms with van der Waals surface area (Å²) in [6.45, 7) is 0. The molecular formula is C14H12BrN3O2. The number of halogens is 1. The summed E-state index contributed by atoms with van der Waals surface area (Å²) < 4.78 is 8.95. The lowest BCUT2D eigenvalue weighted by molar-refractivity contribution is 0.402. The number of rotatable bonds is 2. The van der Waals surface area contributed by atoms with Crippen LogP contribution in [0.2, 0.25) is 0 Å². The predicted octanol–water partition coefficient (Wildman–Crippen LogP) is 2.50. The Bertz CT molecular complexity index is 851. The summed E-state index contributed by atoms with van der Waals surface area (Å²) in [4.78, 5) is 12.4. The van der Waals surface area contributed by atoms with Crippen molar-refractivity contribution in [1.82, 2.24) is 14.3 Å². The van der Waals surface area contributed by atoms with E-state index in [-0.39, 0.29) is 5.56 Å². The number of nitrogens with zero attached hydrogens (tertiary/aromatic N) is 3. The highest BCUT2D eigenvalue weighted by atomic mass is 79.9. The molecule has 0 N–H and O–H groups in total. The van der Waals surface area contributed by atoms with Gasteiger partial charge < -0.3 is 9.30 Å². The van der Waals surface area contributed by atoms with E-state index in [2.05, 4.69) is 21.0 Å². The molecule has 0 unspecified atom stereocenters. The Labute approximate surface area is 123 Å². The Morgan fingerprint density at radius 2 is 2.00 bits per heavy atom. The summed E-state index contributed by atoms with van der Waals surface area (Å²) in [6.07, 6.45) is 1.86. The van der Waals surface area contributed by atoms with Gasteiger partial charge in [-0.25, -0.2) is 4.68 Å². The number of hydrogen-bond acceptors (Lipinski definition) is 3. The van der Waals surface area contributed by atoms with Gasteiger partial charge in [0, 0.05) is 13.2 Å². The van der Waals surface area contributed by atoms with Crippen molar-refractivity contribution in [3.05, 3.63) is 51.5 Å². The van der Waals surface area contributed by atoms with E-state index < -0.39 is 0 Å². The molecule has 0 aliphatic heterocycles. The van der Waals surface area contributed by atoms with Crippen LogP contribution in [-0.2, 0) is 7.05 Å². The molecule has 3 aromatic rings. The Morgan fingerprint density at radius 1 is 1.25 bits per heavy atom. The Hall–Kier alpha value is -2.08. The molecule has 0 atom stereocenters. The highest BCUT2D eigenvalue weighted by Gasteiger charge is 2.18. The quantitative estimate of drug-likeness (QED) is 0.724. The fourth-order valence-corrected chi connectivity index (χ4v) is 2.83. The fraction of sp³-hybridized carbons (Fsp3) is 0.143. The molecule has 1 aromatic carbocycles. The van der Waals surface area contributed by atoms with E-state index in [4.69, 9.17) is 4.74 Å². The van der Waals surface area contributed by atoms with Crippen molar-refractivity contribution in [2.24, 2.45) is 7.05 Å². The minimum Gasteiger partial charge on any atom is -0.492 e. The molecular weight excluding hydrogens is 322 g/mol. The van der Waals surface area contributed by atoms with E-state index in [1.165, 1.54) is 11.8 Å². The molecule has 0 aliphatic rings. The molecule has 102 valence electrons. The number of methoxy groups -OCH3 is 1. The molecule has 2 aromatic heterocycles. The van der Waals surface area contributed by atoms with Gasteiger partial charge in [0.2, 0.25) is 0 Å². The summed E-state index contributed by atoms with van der Waals surface area (Å²) in [5.74, 6) is 0.425. The third kappa shape index (κ3) is 1.84. The van der Waals surface area contributed by atoms with Crippen LogP contribution in [0.5, 0.6) is 5.75 Å². The topological polar surface area (TPSA) is 49.1 Å². The van der Waals surface area contributed by atoms with Gasteiger partial charge in [-0.15, -0.1) is 0 Å². The summed E-state index contributed by atoms with van der Waals surface area (Å²) in [7, 11) is 3.14. The molecule has 0 saturated carbocycles. The van der Waals surface area contributed by atoms with Crippen LogP contribution >= 0.6 is 15.9 Å². The number of para-hydroxylation sites is 1. The van der Waals surface area contributed by atoms with Crippen LogP contribution in [0.25, 0.3) is 16.6 Å². The minimum absolute atomic E-state index is 0.216. The van der Waals surface area contributed by atoms with Crippen LogP contribution in [0.4, 0.5) is 0 Å². The average Bonchev–Trinajstić information content (AvgIpc) is 2.86. The lowest BCUT2D eigenvalue weighted by Gasteiger charge is -2.12. The highest BCUT2D eigenvalue weighted by Crippen LogP contribution is 2.29. The van der Waals surface area contributed by atoms with Gasteiger partial charge in [-0.2, -0.15) is 5.10 Å². The molecule has 6 heteroatoms. The van der Waals surface area contributed by atoms with Gasteiger partial charge in [0.25, 0.3) is 5.56 Å². The van der Waals surface area contributed by atoms with Crippen LogP contribution in [0.15, 0.2) is 45.9 Å². The van der Waals surface area contributed by atoms with Crippen LogP contribution < -0.4 is 10.3 Å². The van der Waals surface area contributed by atoms with E-state index in [9.17, 15) is 4.79 Å². The van der Waals surface area contributed by atoms with Gasteiger partial charge in [-0.05, 0) is 33.4 Å². The SMILES string of the molecule is COc1c(Br)nn(C)c(=O)c1-n1ccc2ccccc21. The smallest absolute Gasteiger partial charge is 0.294 e. The molecule has 0 amide bonds. The van der Waals surface area contributed by atoms with Crippen molar-refractivity contribution in [1.29, 1.82) is 0 Å². The van der Waals surface area contributed by atoms with Crippen molar-refractivity contribution in [2.75, 3.05) is 7.11 Å². The summed E-state index contributed by atoms with van der Waals surface area (Å²) in [5.41, 5.74) is 1.17. The largest absolute Gasteiger partial charge is 0.492 e. The number of benzene rings is 1. The second-order valence-electron chi connectivity index (χ2n) is 4.35. The second-order valence-corrected chi connectivity index (χ2v) is 5.10. The van der Waals surface area contributed by atoms with Gasteiger partial charge in [-0.3, -0.25) is 4.79 Å². The number of hydrogen-bond donors (Lipinski definition) is 0. The molecule has 0 aliphatic carbocycles. The minimum atomic E-state index is -0.216. The molecule has 20 heavy (non-hydrogen) atoms. The van der Waals surface area contributed by atoms with Crippen LogP contribution in [-0.4, -0.2) is 21.5 Å². The lowest BCUT2D eigenvalue weighted by Crippen LogP contribution is -2.25. The van der Waals surface area contributed by atoms with E-state index >= 15 is 0 Å². The number of ether oxygens (including phenoxy) is 1. The molecule has 2 heterocycles. The summed E-state index contributed by atoms with van der Waals surface area (Å²) in [6, 6.07) is 9.82. The van der Waals surface area contributed by atoms with E-state index in [1.807, 2.05) is 41.1 Å². The van der Waals surface area contributed by atoms with Crippen molar-refractivity contribution in [3.8, 4) is 11.4 Å². The first-order chi connectivity index (χ1) is 9.63. The Kier molecular flexibility index (Phi) is 3.10. The molecule has 3 rings (SSSR count). The third-order valence-electron chi connectivity index (χ3n) is 3.18. The fourth-order valence-electron chi connectivity index (χ4n) is 2.24. The number of aromatic nitrogens is 3. The van der Waals surface area contributed by atoms with Crippen molar-refractivity contribution >= 4 is 26.8 Å². The van der Waals surface area contributed by atoms with Crippen molar-refractivity contribution < 1.29 is 4.74 Å². The molecule has 0 bridgehead atoms. The normalized spacial score (nSPS) is 10.9. The zero-order valence-electron chi connectivity index (χ0n) is 11.0. The van der Waals surface area contributed by atoms with Crippen LogP contribution in [0.1, 0.15) is 0 Å². The van der Waals surface area contributed by atoms with Crippen molar-refractivity contribution in [3.63, 3.8) is 0 Å². The maximum absolute atomic E-state index is 12.4. The van der Waals surface area contributed by atoms with E-state index in [0.29, 0.717) is 16.0 Å². The van der Waals surface area contributed by atoms with Crippen molar-refractivity contribution in [2.45, 2.75) is 0 Å². The third-order valence-corrected chi connectivity index (χ3v) is 3.70. The molecule has 0 spiro atoms. The predicted molar refractivity (Wildman–Crippen MR) is 80.6 cm³/mol. The summed E-state index contributed by atoms with van der Waals surface area (Å²) >= 11 is 3.33. The molecule has 5 nitrogen and oxygen atoms in total. The zero-order valence-corrected chi connectivity index (χ0v) is 12.6. The monoisotopic (exact) mass is 333 g/mol. The Balaban J connectivity index is 2.43. The first kappa shape index (κ1) is 12.9. The maximum Gasteiger partial charge on any atom is 0.294 e. The van der Waals surface area contributed by atoms with Gasteiger partial charge >= 0.3 is 0 Å². The summed E-state index contributed by atoms with van der Waals surface area (Å²) in [5, 5.41) is 5.14. The first-order valence-electron chi connectivity index (χ1n) is 6.00. The second kappa shape index (κ2) is 4.79. The van der Waals surface area contributed by atoms with Gasteiger partial charge in [0.1, 0.15) is 0 Å². The lowest BCUT2D eigenvalue weighted by atomic mass is 10.2. The zero-order chi connectivity index (χ0) is 14.3. The van der Waals surface area contributed by atoms with Crippen LogP contribution in [0.3, 0.4) is 0 Å². The van der Waals surface area contributed by atoms with Gasteiger partial charge in [0.15, 0.2) is 16.0 Å². The van der Waals surface area contributed by atoms with Gasteiger partial charge in [0.05, 0.1) is 12.6 Å². The van der Waals surface area contributed by atoms with Gasteiger partial charge in [-0.1, -0.05) is 18.2 Å². The molecule has 0 fully saturated rings. The number of aryl methyl sites for hydroxylation is 1. The Morgan fingerprint density at radius 3 is 2.75 bits per heavy atom. The average molecular weight is 334 g/mol.